The second-order valence-electron chi connectivity index (χ2n) is 4.33. The Morgan fingerprint density at radius 3 is 2.67 bits per heavy atom. The van der Waals surface area contributed by atoms with Gasteiger partial charge in [0.05, 0.1) is 16.3 Å². The van der Waals surface area contributed by atoms with Crippen LogP contribution in [0.3, 0.4) is 0 Å². The maximum absolute atomic E-state index is 12.2. The molecule has 7 heteroatoms. The number of carbonyl (C=O) groups is 1. The Labute approximate surface area is 121 Å². The minimum atomic E-state index is -0.530. The number of pyridine rings is 1. The van der Waals surface area contributed by atoms with Crippen molar-refractivity contribution in [1.29, 1.82) is 0 Å². The molecule has 2 rings (SSSR count). The Kier molecular flexibility index (Phi) is 4.13. The molecule has 0 unspecified atom stereocenters. The van der Waals surface area contributed by atoms with E-state index in [2.05, 4.69) is 15.6 Å². The number of hydrogen-bond acceptors (Lipinski definition) is 5. The number of nitro benzene ring substituents is 1. The first-order valence-electron chi connectivity index (χ1n) is 6.22. The van der Waals surface area contributed by atoms with E-state index in [0.717, 1.165) is 0 Å². The van der Waals surface area contributed by atoms with E-state index in [1.54, 1.807) is 32.3 Å². The van der Waals surface area contributed by atoms with E-state index in [1.165, 1.54) is 18.2 Å². The molecule has 0 spiro atoms. The molecule has 2 aromatic rings. The molecule has 0 aliphatic heterocycles. The number of nitro groups is 1. The number of carbonyl (C=O) groups excluding carboxylic acids is 1. The number of nitrogens with one attached hydrogen (secondary N) is 2. The molecule has 0 radical (unpaired) electrons. The number of amides is 1. The summed E-state index contributed by atoms with van der Waals surface area (Å²) in [6.07, 6.45) is 1.62. The van der Waals surface area contributed by atoms with Gasteiger partial charge in [0.1, 0.15) is 5.69 Å². The lowest BCUT2D eigenvalue weighted by atomic mass is 10.1. The zero-order valence-corrected chi connectivity index (χ0v) is 11.6. The summed E-state index contributed by atoms with van der Waals surface area (Å²) in [5, 5.41) is 16.4. The molecule has 2 N–H and O–H groups in total. The Morgan fingerprint density at radius 2 is 2.05 bits per heavy atom. The molecular formula is C14H14N4O3. The van der Waals surface area contributed by atoms with Gasteiger partial charge >= 0.3 is 0 Å². The first-order valence-corrected chi connectivity index (χ1v) is 6.22. The van der Waals surface area contributed by atoms with Gasteiger partial charge in [-0.2, -0.15) is 0 Å². The van der Waals surface area contributed by atoms with Crippen molar-refractivity contribution in [3.8, 4) is 0 Å². The lowest BCUT2D eigenvalue weighted by molar-refractivity contribution is -0.384. The highest BCUT2D eigenvalue weighted by molar-refractivity contribution is 6.05. The van der Waals surface area contributed by atoms with Crippen LogP contribution in [0.5, 0.6) is 0 Å². The molecule has 1 aromatic carbocycles. The molecular weight excluding hydrogens is 272 g/mol. The summed E-state index contributed by atoms with van der Waals surface area (Å²) in [6, 6.07) is 7.70. The highest BCUT2D eigenvalue weighted by Gasteiger charge is 2.17. The average Bonchev–Trinajstić information content (AvgIpc) is 2.48. The van der Waals surface area contributed by atoms with Crippen molar-refractivity contribution in [2.75, 3.05) is 17.7 Å². The second-order valence-corrected chi connectivity index (χ2v) is 4.33. The summed E-state index contributed by atoms with van der Waals surface area (Å²) in [4.78, 5) is 26.7. The van der Waals surface area contributed by atoms with E-state index in [-0.39, 0.29) is 11.3 Å². The van der Waals surface area contributed by atoms with Gasteiger partial charge in [0, 0.05) is 24.9 Å². The summed E-state index contributed by atoms with van der Waals surface area (Å²) in [6.45, 7) is 1.77. The van der Waals surface area contributed by atoms with Crippen LogP contribution in [0.15, 0.2) is 36.5 Å². The van der Waals surface area contributed by atoms with Crippen molar-refractivity contribution in [1.82, 2.24) is 4.98 Å². The number of rotatable bonds is 4. The number of hydrogen-bond donors (Lipinski definition) is 2. The Balaban J connectivity index is 2.30. The van der Waals surface area contributed by atoms with E-state index < -0.39 is 10.8 Å². The molecule has 0 aliphatic rings. The monoisotopic (exact) mass is 286 g/mol. The van der Waals surface area contributed by atoms with Crippen molar-refractivity contribution in [2.45, 2.75) is 6.92 Å². The molecule has 1 aromatic heterocycles. The molecule has 0 aliphatic carbocycles. The van der Waals surface area contributed by atoms with Crippen molar-refractivity contribution in [3.63, 3.8) is 0 Å². The lowest BCUT2D eigenvalue weighted by Gasteiger charge is -2.08. The molecule has 7 nitrogen and oxygen atoms in total. The summed E-state index contributed by atoms with van der Waals surface area (Å²) in [5.74, 6) is -0.420. The number of anilines is 2. The molecule has 1 amide bonds. The highest BCUT2D eigenvalue weighted by atomic mass is 16.6. The van der Waals surface area contributed by atoms with Gasteiger partial charge in [0.15, 0.2) is 0 Å². The van der Waals surface area contributed by atoms with Gasteiger partial charge in [0.25, 0.3) is 11.6 Å². The smallest absolute Gasteiger partial charge is 0.293 e. The third-order valence-corrected chi connectivity index (χ3v) is 2.98. The van der Waals surface area contributed by atoms with Crippen LogP contribution in [0.2, 0.25) is 0 Å². The van der Waals surface area contributed by atoms with Gasteiger partial charge in [-0.15, -0.1) is 0 Å². The van der Waals surface area contributed by atoms with Gasteiger partial charge in [-0.05, 0) is 31.2 Å². The molecule has 1 heterocycles. The molecule has 0 saturated carbocycles. The van der Waals surface area contributed by atoms with Crippen molar-refractivity contribution in [3.05, 3.63) is 57.9 Å². The number of aryl methyl sites for hydroxylation is 1. The van der Waals surface area contributed by atoms with Crippen LogP contribution in [-0.2, 0) is 0 Å². The van der Waals surface area contributed by atoms with Crippen LogP contribution in [0, 0.1) is 17.0 Å². The highest BCUT2D eigenvalue weighted by Crippen LogP contribution is 2.25. The average molecular weight is 286 g/mol. The third-order valence-electron chi connectivity index (χ3n) is 2.98. The number of nitrogens with zero attached hydrogens (tertiary/aromatic N) is 2. The van der Waals surface area contributed by atoms with Gasteiger partial charge < -0.3 is 10.6 Å². The molecule has 0 saturated heterocycles. The van der Waals surface area contributed by atoms with Crippen LogP contribution < -0.4 is 10.6 Å². The van der Waals surface area contributed by atoms with Crippen LogP contribution in [0.4, 0.5) is 17.1 Å². The summed E-state index contributed by atoms with van der Waals surface area (Å²) in [5.41, 5.74) is 1.67. The van der Waals surface area contributed by atoms with Gasteiger partial charge in [-0.25, -0.2) is 0 Å². The van der Waals surface area contributed by atoms with Crippen molar-refractivity contribution < 1.29 is 9.72 Å². The van der Waals surface area contributed by atoms with E-state index in [4.69, 9.17) is 0 Å². The standard InChI is InChI=1S/C14H14N4O3/c1-9-11(4-3-7-16-9)17-14(19)10-5-6-12(15-2)13(8-10)18(20)21/h3-8,15H,1-2H3,(H,17,19). The molecule has 0 atom stereocenters. The minimum Gasteiger partial charge on any atom is -0.383 e. The Hall–Kier alpha value is -2.96. The molecule has 0 bridgehead atoms. The SMILES string of the molecule is CNc1ccc(C(=O)Nc2cccnc2C)cc1[N+](=O)[O-]. The van der Waals surface area contributed by atoms with Crippen molar-refractivity contribution in [2.24, 2.45) is 0 Å². The predicted octanol–water partition coefficient (Wildman–Crippen LogP) is 2.59. The minimum absolute atomic E-state index is 0.145. The topological polar surface area (TPSA) is 97.2 Å². The van der Waals surface area contributed by atoms with E-state index in [1.807, 2.05) is 0 Å². The second kappa shape index (κ2) is 6.00. The zero-order chi connectivity index (χ0) is 15.4. The largest absolute Gasteiger partial charge is 0.383 e. The third kappa shape index (κ3) is 3.14. The van der Waals surface area contributed by atoms with E-state index >= 15 is 0 Å². The first kappa shape index (κ1) is 14.4. The summed E-state index contributed by atoms with van der Waals surface area (Å²) >= 11 is 0. The zero-order valence-electron chi connectivity index (χ0n) is 11.6. The maximum Gasteiger partial charge on any atom is 0.293 e. The number of aromatic nitrogens is 1. The lowest BCUT2D eigenvalue weighted by Crippen LogP contribution is -2.13. The van der Waals surface area contributed by atoms with Gasteiger partial charge in [-0.1, -0.05) is 0 Å². The normalized spacial score (nSPS) is 10.0. The van der Waals surface area contributed by atoms with E-state index in [9.17, 15) is 14.9 Å². The quantitative estimate of drug-likeness (QED) is 0.665. The van der Waals surface area contributed by atoms with Crippen LogP contribution in [0.1, 0.15) is 16.1 Å². The van der Waals surface area contributed by atoms with Gasteiger partial charge in [-0.3, -0.25) is 19.9 Å². The fraction of sp³-hybridized carbons (Fsp3) is 0.143. The summed E-state index contributed by atoms with van der Waals surface area (Å²) < 4.78 is 0. The van der Waals surface area contributed by atoms with E-state index in [0.29, 0.717) is 17.1 Å². The van der Waals surface area contributed by atoms with Gasteiger partial charge in [0.2, 0.25) is 0 Å². The molecule has 108 valence electrons. The predicted molar refractivity (Wildman–Crippen MR) is 79.6 cm³/mol. The fourth-order valence-corrected chi connectivity index (χ4v) is 1.85. The molecule has 21 heavy (non-hydrogen) atoms. The van der Waals surface area contributed by atoms with Crippen molar-refractivity contribution >= 4 is 23.0 Å². The fourth-order valence-electron chi connectivity index (χ4n) is 1.85. The van der Waals surface area contributed by atoms with Crippen LogP contribution in [0.25, 0.3) is 0 Å². The number of benzene rings is 1. The first-order chi connectivity index (χ1) is 10.0. The Morgan fingerprint density at radius 1 is 1.29 bits per heavy atom. The van der Waals surface area contributed by atoms with Crippen LogP contribution in [-0.4, -0.2) is 22.9 Å². The summed E-state index contributed by atoms with van der Waals surface area (Å²) in [7, 11) is 1.58. The Bertz CT molecular complexity index is 700. The molecule has 0 fully saturated rings. The maximum atomic E-state index is 12.2. The van der Waals surface area contributed by atoms with Crippen LogP contribution >= 0.6 is 0 Å².